The number of aliphatic hydroxyl groups excluding tert-OH is 1. The molecule has 0 aromatic heterocycles. The second-order valence-electron chi connectivity index (χ2n) is 4.29. The van der Waals surface area contributed by atoms with Gasteiger partial charge in [0.25, 0.3) is 0 Å². The van der Waals surface area contributed by atoms with Gasteiger partial charge in [0.2, 0.25) is 5.91 Å². The van der Waals surface area contributed by atoms with Gasteiger partial charge in [-0.15, -0.1) is 0 Å². The Bertz CT molecular complexity index is 254. The maximum atomic E-state index is 11.4. The molecule has 0 heterocycles. The molecule has 0 bridgehead atoms. The maximum absolute atomic E-state index is 11.4. The van der Waals surface area contributed by atoms with E-state index in [-0.39, 0.29) is 37.3 Å². The van der Waals surface area contributed by atoms with Crippen LogP contribution in [-0.4, -0.2) is 34.7 Å². The van der Waals surface area contributed by atoms with Crippen LogP contribution >= 0.6 is 0 Å². The number of rotatable bonds is 5. The van der Waals surface area contributed by atoms with E-state index in [1.54, 1.807) is 0 Å². The van der Waals surface area contributed by atoms with E-state index in [9.17, 15) is 9.59 Å². The zero-order chi connectivity index (χ0) is 12.0. The lowest BCUT2D eigenvalue weighted by molar-refractivity contribution is -0.139. The topological polar surface area (TPSA) is 86.6 Å². The van der Waals surface area contributed by atoms with Crippen molar-refractivity contribution in [2.45, 2.75) is 44.6 Å². The van der Waals surface area contributed by atoms with Crippen LogP contribution in [-0.2, 0) is 9.59 Å². The van der Waals surface area contributed by atoms with Crippen molar-refractivity contribution in [1.82, 2.24) is 5.32 Å². The summed E-state index contributed by atoms with van der Waals surface area (Å²) >= 11 is 0. The fourth-order valence-corrected chi connectivity index (χ4v) is 2.12. The predicted octanol–water partition coefficient (Wildman–Crippen LogP) is 0.518. The van der Waals surface area contributed by atoms with Gasteiger partial charge in [0.1, 0.15) is 0 Å². The molecule has 0 radical (unpaired) electrons. The van der Waals surface area contributed by atoms with Crippen molar-refractivity contribution in [2.24, 2.45) is 5.92 Å². The molecule has 92 valence electrons. The number of aliphatic carboxylic acids is 1. The molecule has 0 aromatic carbocycles. The lowest BCUT2D eigenvalue weighted by Gasteiger charge is -2.30. The second-order valence-corrected chi connectivity index (χ2v) is 4.29. The summed E-state index contributed by atoms with van der Waals surface area (Å²) in [5.41, 5.74) is 0. The highest BCUT2D eigenvalue weighted by molar-refractivity contribution is 5.80. The minimum Gasteiger partial charge on any atom is -0.481 e. The van der Waals surface area contributed by atoms with Crippen molar-refractivity contribution < 1.29 is 19.8 Å². The fourth-order valence-electron chi connectivity index (χ4n) is 2.12. The summed E-state index contributed by atoms with van der Waals surface area (Å²) < 4.78 is 0. The van der Waals surface area contributed by atoms with Crippen LogP contribution in [0.4, 0.5) is 0 Å². The largest absolute Gasteiger partial charge is 0.481 e. The van der Waals surface area contributed by atoms with E-state index in [0.29, 0.717) is 0 Å². The Labute approximate surface area is 94.8 Å². The van der Waals surface area contributed by atoms with E-state index < -0.39 is 5.97 Å². The van der Waals surface area contributed by atoms with Crippen molar-refractivity contribution >= 4 is 11.9 Å². The number of aliphatic hydroxyl groups is 1. The van der Waals surface area contributed by atoms with Crippen molar-refractivity contribution in [3.63, 3.8) is 0 Å². The van der Waals surface area contributed by atoms with Crippen LogP contribution in [0.2, 0.25) is 0 Å². The summed E-state index contributed by atoms with van der Waals surface area (Å²) in [5.74, 6) is -1.06. The van der Waals surface area contributed by atoms with E-state index in [0.717, 1.165) is 25.7 Å². The highest BCUT2D eigenvalue weighted by Gasteiger charge is 2.25. The molecular formula is C11H19NO4. The van der Waals surface area contributed by atoms with Crippen molar-refractivity contribution in [3.8, 4) is 0 Å². The molecule has 3 N–H and O–H groups in total. The van der Waals surface area contributed by atoms with E-state index >= 15 is 0 Å². The third-order valence-corrected chi connectivity index (χ3v) is 3.06. The summed E-state index contributed by atoms with van der Waals surface area (Å²) in [6.07, 6.45) is 3.84. The number of carboxylic acids is 1. The van der Waals surface area contributed by atoms with Crippen LogP contribution in [0.5, 0.6) is 0 Å². The van der Waals surface area contributed by atoms with Crippen molar-refractivity contribution in [1.29, 1.82) is 0 Å². The minimum atomic E-state index is -0.961. The Balaban J connectivity index is 2.33. The Hall–Kier alpha value is -1.10. The number of amides is 1. The van der Waals surface area contributed by atoms with Gasteiger partial charge >= 0.3 is 5.97 Å². The standard InChI is InChI=1S/C11H19NO4/c13-7-8-3-1-2-4-9(8)12-10(14)5-6-11(15)16/h8-9,13H,1-7H2,(H,12,14)(H,15,16). The molecule has 1 aliphatic rings. The first-order valence-corrected chi connectivity index (χ1v) is 5.75. The van der Waals surface area contributed by atoms with Crippen LogP contribution in [0.25, 0.3) is 0 Å². The van der Waals surface area contributed by atoms with Crippen LogP contribution < -0.4 is 5.32 Å². The summed E-state index contributed by atoms with van der Waals surface area (Å²) in [6.45, 7) is 0.0872. The van der Waals surface area contributed by atoms with Crippen LogP contribution in [0, 0.1) is 5.92 Å². The second kappa shape index (κ2) is 6.48. The first-order valence-electron chi connectivity index (χ1n) is 5.75. The van der Waals surface area contributed by atoms with E-state index in [1.807, 2.05) is 0 Å². The summed E-state index contributed by atoms with van der Waals surface area (Å²) in [7, 11) is 0. The van der Waals surface area contributed by atoms with Crippen LogP contribution in [0.3, 0.4) is 0 Å². The molecule has 1 rings (SSSR count). The molecule has 1 amide bonds. The van der Waals surface area contributed by atoms with Crippen LogP contribution in [0.15, 0.2) is 0 Å². The van der Waals surface area contributed by atoms with Gasteiger partial charge in [-0.3, -0.25) is 9.59 Å². The first-order chi connectivity index (χ1) is 7.63. The quantitative estimate of drug-likeness (QED) is 0.641. The number of hydrogen-bond donors (Lipinski definition) is 3. The molecular weight excluding hydrogens is 210 g/mol. The Morgan fingerprint density at radius 2 is 1.88 bits per heavy atom. The molecule has 1 aliphatic carbocycles. The Morgan fingerprint density at radius 1 is 1.19 bits per heavy atom. The van der Waals surface area contributed by atoms with Gasteiger partial charge in [-0.2, -0.15) is 0 Å². The minimum absolute atomic E-state index is 0.0139. The first kappa shape index (κ1) is 13.0. The average Bonchev–Trinajstić information content (AvgIpc) is 2.27. The highest BCUT2D eigenvalue weighted by Crippen LogP contribution is 2.23. The van der Waals surface area contributed by atoms with Gasteiger partial charge < -0.3 is 15.5 Å². The monoisotopic (exact) mass is 229 g/mol. The van der Waals surface area contributed by atoms with E-state index in [4.69, 9.17) is 10.2 Å². The van der Waals surface area contributed by atoms with Gasteiger partial charge in [0, 0.05) is 25.0 Å². The van der Waals surface area contributed by atoms with Gasteiger partial charge in [-0.05, 0) is 12.8 Å². The molecule has 0 saturated heterocycles. The molecule has 0 aliphatic heterocycles. The third kappa shape index (κ3) is 4.18. The SMILES string of the molecule is O=C(O)CCC(=O)NC1CCCCC1CO. The predicted molar refractivity (Wildman–Crippen MR) is 57.8 cm³/mol. The number of carbonyl (C=O) groups excluding carboxylic acids is 1. The number of carboxylic acid groups (broad SMARTS) is 1. The molecule has 2 unspecified atom stereocenters. The molecule has 0 aromatic rings. The molecule has 16 heavy (non-hydrogen) atoms. The lowest BCUT2D eigenvalue weighted by Crippen LogP contribution is -2.43. The molecule has 2 atom stereocenters. The lowest BCUT2D eigenvalue weighted by atomic mass is 9.85. The Morgan fingerprint density at radius 3 is 2.50 bits per heavy atom. The number of hydrogen-bond acceptors (Lipinski definition) is 3. The van der Waals surface area contributed by atoms with Gasteiger partial charge in [0.15, 0.2) is 0 Å². The average molecular weight is 229 g/mol. The maximum Gasteiger partial charge on any atom is 0.303 e. The molecule has 5 nitrogen and oxygen atoms in total. The molecule has 1 fully saturated rings. The summed E-state index contributed by atoms with van der Waals surface area (Å²) in [6, 6.07) is 0.0139. The third-order valence-electron chi connectivity index (χ3n) is 3.06. The Kier molecular flexibility index (Phi) is 5.25. The smallest absolute Gasteiger partial charge is 0.303 e. The fraction of sp³-hybridized carbons (Fsp3) is 0.818. The zero-order valence-electron chi connectivity index (χ0n) is 9.32. The number of nitrogens with one attached hydrogen (secondary N) is 1. The zero-order valence-corrected chi connectivity index (χ0v) is 9.32. The normalized spacial score (nSPS) is 25.1. The summed E-state index contributed by atoms with van der Waals surface area (Å²) in [5, 5.41) is 20.4. The van der Waals surface area contributed by atoms with Crippen molar-refractivity contribution in [3.05, 3.63) is 0 Å². The van der Waals surface area contributed by atoms with Gasteiger partial charge in [-0.1, -0.05) is 12.8 Å². The van der Waals surface area contributed by atoms with Gasteiger partial charge in [0.05, 0.1) is 6.42 Å². The van der Waals surface area contributed by atoms with Crippen molar-refractivity contribution in [2.75, 3.05) is 6.61 Å². The van der Waals surface area contributed by atoms with E-state index in [1.165, 1.54) is 0 Å². The molecule has 5 heteroatoms. The highest BCUT2D eigenvalue weighted by atomic mass is 16.4. The van der Waals surface area contributed by atoms with E-state index in [2.05, 4.69) is 5.32 Å². The summed E-state index contributed by atoms with van der Waals surface area (Å²) in [4.78, 5) is 21.7. The van der Waals surface area contributed by atoms with Crippen LogP contribution in [0.1, 0.15) is 38.5 Å². The van der Waals surface area contributed by atoms with Gasteiger partial charge in [-0.25, -0.2) is 0 Å². The molecule has 0 spiro atoms. The number of carbonyl (C=O) groups is 2. The molecule has 1 saturated carbocycles.